The summed E-state index contributed by atoms with van der Waals surface area (Å²) in [6.07, 6.45) is 12.4. The molecule has 0 spiro atoms. The lowest BCUT2D eigenvalue weighted by molar-refractivity contribution is 0.607. The zero-order valence-electron chi connectivity index (χ0n) is 21.5. The fraction of sp³-hybridized carbons (Fsp3) is 0.393. The zero-order valence-corrected chi connectivity index (χ0v) is 22.3. The maximum Gasteiger partial charge on any atom is 0.229 e. The molecule has 10 heteroatoms. The van der Waals surface area contributed by atoms with Gasteiger partial charge in [-0.15, -0.1) is 0 Å². The number of anilines is 3. The van der Waals surface area contributed by atoms with E-state index < -0.39 is 10.0 Å². The molecule has 4 aromatic rings. The fourth-order valence-electron chi connectivity index (χ4n) is 5.68. The van der Waals surface area contributed by atoms with Gasteiger partial charge in [0.15, 0.2) is 0 Å². The van der Waals surface area contributed by atoms with Crippen LogP contribution in [0.3, 0.4) is 0 Å². The van der Waals surface area contributed by atoms with Gasteiger partial charge in [0.1, 0.15) is 11.5 Å². The molecule has 2 saturated carbocycles. The topological polar surface area (TPSA) is 113 Å². The lowest BCUT2D eigenvalue weighted by atomic mass is 10.0. The van der Waals surface area contributed by atoms with Gasteiger partial charge in [-0.05, 0) is 56.0 Å². The molecule has 0 unspecified atom stereocenters. The third kappa shape index (κ3) is 5.31. The Balaban J connectivity index is 1.48. The van der Waals surface area contributed by atoms with Gasteiger partial charge in [-0.25, -0.2) is 22.9 Å². The third-order valence-corrected chi connectivity index (χ3v) is 8.01. The van der Waals surface area contributed by atoms with E-state index in [-0.39, 0.29) is 0 Å². The minimum Gasteiger partial charge on any atom is -0.367 e. The number of benzene rings is 1. The van der Waals surface area contributed by atoms with Gasteiger partial charge in [-0.1, -0.05) is 43.9 Å². The molecule has 0 radical (unpaired) electrons. The van der Waals surface area contributed by atoms with Gasteiger partial charge >= 0.3 is 0 Å². The quantitative estimate of drug-likeness (QED) is 0.274. The van der Waals surface area contributed by atoms with E-state index in [1.54, 1.807) is 12.3 Å². The highest BCUT2D eigenvalue weighted by Crippen LogP contribution is 2.37. The van der Waals surface area contributed by atoms with Gasteiger partial charge in [-0.2, -0.15) is 5.10 Å². The molecule has 2 fully saturated rings. The molecule has 1 aromatic carbocycles. The van der Waals surface area contributed by atoms with Crippen LogP contribution in [-0.4, -0.2) is 46.3 Å². The minimum atomic E-state index is -3.41. The Morgan fingerprint density at radius 1 is 0.895 bits per heavy atom. The number of sulfonamides is 1. The number of pyridine rings is 1. The first-order chi connectivity index (χ1) is 18.4. The van der Waals surface area contributed by atoms with E-state index in [0.717, 1.165) is 65.8 Å². The van der Waals surface area contributed by atoms with Crippen molar-refractivity contribution >= 4 is 33.0 Å². The molecule has 0 aliphatic heterocycles. The van der Waals surface area contributed by atoms with Crippen LogP contribution in [0.25, 0.3) is 28.0 Å². The first-order valence-electron chi connectivity index (χ1n) is 13.4. The Labute approximate surface area is 223 Å². The molecule has 0 bridgehead atoms. The van der Waals surface area contributed by atoms with Crippen LogP contribution in [0.1, 0.15) is 51.4 Å². The molecule has 6 rings (SSSR count). The van der Waals surface area contributed by atoms with Crippen LogP contribution in [0.15, 0.2) is 54.7 Å². The molecule has 2 aliphatic carbocycles. The van der Waals surface area contributed by atoms with Gasteiger partial charge in [-0.3, -0.25) is 4.72 Å². The molecule has 3 aromatic heterocycles. The smallest absolute Gasteiger partial charge is 0.229 e. The average Bonchev–Trinajstić information content (AvgIpc) is 3.65. The average molecular weight is 532 g/mol. The van der Waals surface area contributed by atoms with E-state index in [1.807, 2.05) is 34.8 Å². The van der Waals surface area contributed by atoms with Crippen LogP contribution in [0.5, 0.6) is 0 Å². The van der Waals surface area contributed by atoms with Crippen molar-refractivity contribution in [3.63, 3.8) is 0 Å². The monoisotopic (exact) mass is 531 g/mol. The minimum absolute atomic E-state index is 0.398. The predicted molar refractivity (Wildman–Crippen MR) is 152 cm³/mol. The SMILES string of the molecule is CS(=O)(=O)Nc1cccc(-c2nn3c(NC4CCCC4)cccc3c2-c2ccnc(NC3CCCC3)n2)c1. The van der Waals surface area contributed by atoms with Crippen LogP contribution < -0.4 is 15.4 Å². The van der Waals surface area contributed by atoms with E-state index >= 15 is 0 Å². The van der Waals surface area contributed by atoms with Gasteiger partial charge < -0.3 is 10.6 Å². The molecule has 0 atom stereocenters. The predicted octanol–water partition coefficient (Wildman–Crippen LogP) is 5.54. The largest absolute Gasteiger partial charge is 0.367 e. The molecular formula is C28H33N7O2S. The van der Waals surface area contributed by atoms with Gasteiger partial charge in [0, 0.05) is 29.5 Å². The van der Waals surface area contributed by atoms with Crippen LogP contribution in [-0.2, 0) is 10.0 Å². The van der Waals surface area contributed by atoms with Gasteiger partial charge in [0.25, 0.3) is 0 Å². The van der Waals surface area contributed by atoms with E-state index in [9.17, 15) is 8.42 Å². The van der Waals surface area contributed by atoms with E-state index in [2.05, 4.69) is 32.5 Å². The fourth-order valence-corrected chi connectivity index (χ4v) is 6.23. The highest BCUT2D eigenvalue weighted by atomic mass is 32.2. The van der Waals surface area contributed by atoms with Crippen LogP contribution in [0.2, 0.25) is 0 Å². The summed E-state index contributed by atoms with van der Waals surface area (Å²) in [5, 5.41) is 12.3. The second-order valence-electron chi connectivity index (χ2n) is 10.4. The summed E-state index contributed by atoms with van der Waals surface area (Å²) in [6.45, 7) is 0. The number of nitrogens with zero attached hydrogens (tertiary/aromatic N) is 4. The standard InChI is InChI=1S/C28H33N7O2S/c1-38(36,37)34-22-13-6-8-19(18-22)27-26(23-16-17-29-28(32-23)31-21-11-4-5-12-21)24-14-7-15-25(35(24)33-27)30-20-9-2-3-10-20/h6-8,13-18,20-21,30,34H,2-5,9-12H2,1H3,(H,29,31,32). The van der Waals surface area contributed by atoms with E-state index in [0.29, 0.717) is 23.7 Å². The number of aromatic nitrogens is 4. The molecule has 3 N–H and O–H groups in total. The number of fused-ring (bicyclic) bond motifs is 1. The zero-order chi connectivity index (χ0) is 26.1. The summed E-state index contributed by atoms with van der Waals surface area (Å²) in [6, 6.07) is 16.2. The van der Waals surface area contributed by atoms with Crippen molar-refractivity contribution in [3.05, 3.63) is 54.7 Å². The number of rotatable bonds is 8. The van der Waals surface area contributed by atoms with Crippen molar-refractivity contribution in [2.75, 3.05) is 21.6 Å². The Bertz CT molecular complexity index is 1550. The number of nitrogens with one attached hydrogen (secondary N) is 3. The summed E-state index contributed by atoms with van der Waals surface area (Å²) in [5.74, 6) is 1.55. The molecule has 9 nitrogen and oxygen atoms in total. The summed E-state index contributed by atoms with van der Waals surface area (Å²) >= 11 is 0. The highest BCUT2D eigenvalue weighted by molar-refractivity contribution is 7.92. The van der Waals surface area contributed by atoms with Crippen molar-refractivity contribution in [3.8, 4) is 22.5 Å². The summed E-state index contributed by atoms with van der Waals surface area (Å²) < 4.78 is 28.3. The lowest BCUT2D eigenvalue weighted by Crippen LogP contribution is -2.17. The summed E-state index contributed by atoms with van der Waals surface area (Å²) in [5.41, 5.74) is 4.60. The Morgan fingerprint density at radius 2 is 1.61 bits per heavy atom. The van der Waals surface area contributed by atoms with E-state index in [1.165, 1.54) is 25.7 Å². The van der Waals surface area contributed by atoms with Crippen molar-refractivity contribution < 1.29 is 8.42 Å². The first-order valence-corrected chi connectivity index (χ1v) is 15.3. The van der Waals surface area contributed by atoms with Crippen LogP contribution in [0.4, 0.5) is 17.5 Å². The molecule has 0 saturated heterocycles. The van der Waals surface area contributed by atoms with Crippen molar-refractivity contribution in [1.82, 2.24) is 19.6 Å². The van der Waals surface area contributed by atoms with Crippen molar-refractivity contribution in [2.45, 2.75) is 63.5 Å². The van der Waals surface area contributed by atoms with Gasteiger partial charge in [0.2, 0.25) is 16.0 Å². The Hall–Kier alpha value is -3.66. The molecule has 38 heavy (non-hydrogen) atoms. The molecule has 0 amide bonds. The molecule has 198 valence electrons. The van der Waals surface area contributed by atoms with Crippen molar-refractivity contribution in [1.29, 1.82) is 0 Å². The second kappa shape index (κ2) is 10.2. The molecule has 3 heterocycles. The molecule has 2 aliphatic rings. The Morgan fingerprint density at radius 3 is 2.34 bits per heavy atom. The van der Waals surface area contributed by atoms with E-state index in [4.69, 9.17) is 10.1 Å². The van der Waals surface area contributed by atoms with Crippen LogP contribution >= 0.6 is 0 Å². The summed E-state index contributed by atoms with van der Waals surface area (Å²) in [7, 11) is -3.41. The summed E-state index contributed by atoms with van der Waals surface area (Å²) in [4.78, 5) is 9.42. The second-order valence-corrected chi connectivity index (χ2v) is 12.2. The number of hydrogen-bond donors (Lipinski definition) is 3. The normalized spacial score (nSPS) is 16.8. The van der Waals surface area contributed by atoms with Crippen LogP contribution in [0, 0.1) is 0 Å². The molecular weight excluding hydrogens is 498 g/mol. The first kappa shape index (κ1) is 24.7. The van der Waals surface area contributed by atoms with Crippen molar-refractivity contribution in [2.24, 2.45) is 0 Å². The third-order valence-electron chi connectivity index (χ3n) is 7.40. The lowest BCUT2D eigenvalue weighted by Gasteiger charge is -2.14. The Kier molecular flexibility index (Phi) is 6.65. The maximum atomic E-state index is 11.9. The van der Waals surface area contributed by atoms with Gasteiger partial charge in [0.05, 0.1) is 23.0 Å². The number of hydrogen-bond acceptors (Lipinski definition) is 7. The maximum absolute atomic E-state index is 11.9. The highest BCUT2D eigenvalue weighted by Gasteiger charge is 2.23.